The number of benzene rings is 1. The minimum atomic E-state index is -0.319. The molecule has 0 aliphatic heterocycles. The van der Waals surface area contributed by atoms with E-state index in [9.17, 15) is 4.39 Å². The van der Waals surface area contributed by atoms with Crippen LogP contribution in [-0.2, 0) is 13.5 Å². The van der Waals surface area contributed by atoms with Crippen molar-refractivity contribution < 1.29 is 4.39 Å². The summed E-state index contributed by atoms with van der Waals surface area (Å²) in [4.78, 5) is 4.53. The molecule has 0 N–H and O–H groups in total. The number of rotatable bonds is 3. The monoisotopic (exact) mass is 356 g/mol. The summed E-state index contributed by atoms with van der Waals surface area (Å²) in [5.41, 5.74) is 2.28. The molecule has 104 valence electrons. The smallest absolute Gasteiger partial charge is 0.139 e. The fourth-order valence-electron chi connectivity index (χ4n) is 2.19. The summed E-state index contributed by atoms with van der Waals surface area (Å²) in [6.45, 7) is 0. The summed E-state index contributed by atoms with van der Waals surface area (Å²) in [6, 6.07) is 3.15. The Morgan fingerprint density at radius 3 is 2.85 bits per heavy atom. The number of nitrogens with zero attached hydrogens (tertiary/aromatic N) is 4. The van der Waals surface area contributed by atoms with Crippen molar-refractivity contribution in [3.05, 3.63) is 40.6 Å². The molecule has 20 heavy (non-hydrogen) atoms. The van der Waals surface area contributed by atoms with E-state index < -0.39 is 0 Å². The van der Waals surface area contributed by atoms with Crippen molar-refractivity contribution in [2.75, 3.05) is 5.88 Å². The number of halogens is 3. The topological polar surface area (TPSA) is 35.6 Å². The molecular weight excluding hydrogens is 347 g/mol. The van der Waals surface area contributed by atoms with E-state index in [2.05, 4.69) is 26.0 Å². The second kappa shape index (κ2) is 5.18. The zero-order valence-electron chi connectivity index (χ0n) is 10.6. The SMILES string of the molecule is Cn1cc(-n2c(CCCl)nc3cc(Br)c(F)cc32)cn1. The fourth-order valence-corrected chi connectivity index (χ4v) is 2.69. The summed E-state index contributed by atoms with van der Waals surface area (Å²) < 4.78 is 17.8. The van der Waals surface area contributed by atoms with Crippen LogP contribution in [0.15, 0.2) is 29.0 Å². The predicted molar refractivity (Wildman–Crippen MR) is 79.9 cm³/mol. The van der Waals surface area contributed by atoms with Gasteiger partial charge in [-0.2, -0.15) is 5.10 Å². The molecule has 2 aromatic heterocycles. The van der Waals surface area contributed by atoms with E-state index in [0.717, 1.165) is 17.0 Å². The first-order valence-corrected chi connectivity index (χ1v) is 7.34. The Hall–Kier alpha value is -1.40. The van der Waals surface area contributed by atoms with Crippen LogP contribution >= 0.6 is 27.5 Å². The highest BCUT2D eigenvalue weighted by Gasteiger charge is 2.15. The maximum Gasteiger partial charge on any atom is 0.139 e. The maximum atomic E-state index is 13.8. The predicted octanol–water partition coefficient (Wildman–Crippen LogP) is 3.44. The van der Waals surface area contributed by atoms with Gasteiger partial charge in [-0.1, -0.05) is 0 Å². The van der Waals surface area contributed by atoms with E-state index in [1.165, 1.54) is 6.07 Å². The molecule has 0 spiro atoms. The van der Waals surface area contributed by atoms with Crippen LogP contribution in [0.2, 0.25) is 0 Å². The number of hydrogen-bond acceptors (Lipinski definition) is 2. The lowest BCUT2D eigenvalue weighted by Crippen LogP contribution is -2.01. The first-order chi connectivity index (χ1) is 9.60. The van der Waals surface area contributed by atoms with Crippen LogP contribution in [0.3, 0.4) is 0 Å². The van der Waals surface area contributed by atoms with Gasteiger partial charge in [0.1, 0.15) is 11.6 Å². The quantitative estimate of drug-likeness (QED) is 0.673. The van der Waals surface area contributed by atoms with E-state index in [1.54, 1.807) is 16.9 Å². The lowest BCUT2D eigenvalue weighted by Gasteiger charge is -2.05. The Kier molecular flexibility index (Phi) is 3.52. The van der Waals surface area contributed by atoms with Crippen molar-refractivity contribution in [3.8, 4) is 5.69 Å². The van der Waals surface area contributed by atoms with E-state index in [1.807, 2.05) is 17.8 Å². The minimum Gasteiger partial charge on any atom is -0.293 e. The van der Waals surface area contributed by atoms with Gasteiger partial charge in [0.15, 0.2) is 0 Å². The van der Waals surface area contributed by atoms with Crippen LogP contribution in [0.25, 0.3) is 16.7 Å². The summed E-state index contributed by atoms with van der Waals surface area (Å²) in [5.74, 6) is 0.924. The van der Waals surface area contributed by atoms with Gasteiger partial charge in [0.25, 0.3) is 0 Å². The number of alkyl halides is 1. The number of fused-ring (bicyclic) bond motifs is 1. The van der Waals surface area contributed by atoms with Crippen LogP contribution in [0.4, 0.5) is 4.39 Å². The Bertz CT molecular complexity index is 780. The molecule has 0 radical (unpaired) electrons. The Balaban J connectivity index is 2.31. The van der Waals surface area contributed by atoms with Gasteiger partial charge >= 0.3 is 0 Å². The van der Waals surface area contributed by atoms with Crippen molar-refractivity contribution in [1.82, 2.24) is 19.3 Å². The second-order valence-corrected chi connectivity index (χ2v) is 5.66. The van der Waals surface area contributed by atoms with Crippen molar-refractivity contribution in [3.63, 3.8) is 0 Å². The largest absolute Gasteiger partial charge is 0.293 e. The van der Waals surface area contributed by atoms with E-state index >= 15 is 0 Å². The van der Waals surface area contributed by atoms with Gasteiger partial charge in [0, 0.05) is 31.6 Å². The average molecular weight is 358 g/mol. The summed E-state index contributed by atoms with van der Waals surface area (Å²) >= 11 is 9.02. The molecule has 0 atom stereocenters. The molecule has 0 unspecified atom stereocenters. The molecule has 2 heterocycles. The lowest BCUT2D eigenvalue weighted by molar-refractivity contribution is 0.622. The molecular formula is C13H11BrClFN4. The molecule has 0 aliphatic carbocycles. The lowest BCUT2D eigenvalue weighted by atomic mass is 10.3. The Morgan fingerprint density at radius 1 is 1.40 bits per heavy atom. The first-order valence-electron chi connectivity index (χ1n) is 6.01. The molecule has 0 amide bonds. The third-order valence-electron chi connectivity index (χ3n) is 3.03. The molecule has 0 saturated heterocycles. The number of imidazole rings is 1. The molecule has 4 nitrogen and oxygen atoms in total. The molecule has 1 aromatic carbocycles. The molecule has 3 aromatic rings. The Labute approximate surface area is 128 Å². The van der Waals surface area contributed by atoms with E-state index in [0.29, 0.717) is 22.3 Å². The molecule has 0 aliphatic rings. The summed E-state index contributed by atoms with van der Waals surface area (Å²) in [5, 5.41) is 4.15. The number of aryl methyl sites for hydroxylation is 2. The zero-order chi connectivity index (χ0) is 14.3. The van der Waals surface area contributed by atoms with E-state index in [-0.39, 0.29) is 5.82 Å². The van der Waals surface area contributed by atoms with Gasteiger partial charge in [0.2, 0.25) is 0 Å². The van der Waals surface area contributed by atoms with Crippen LogP contribution in [0.1, 0.15) is 5.82 Å². The van der Waals surface area contributed by atoms with Gasteiger partial charge in [-0.15, -0.1) is 11.6 Å². The molecule has 0 bridgehead atoms. The van der Waals surface area contributed by atoms with Crippen molar-refractivity contribution >= 4 is 38.6 Å². The highest BCUT2D eigenvalue weighted by atomic mass is 79.9. The number of aromatic nitrogens is 4. The van der Waals surface area contributed by atoms with Gasteiger partial charge in [-0.25, -0.2) is 9.37 Å². The normalized spacial score (nSPS) is 11.4. The minimum absolute atomic E-state index is 0.319. The Morgan fingerprint density at radius 2 is 2.20 bits per heavy atom. The molecule has 0 saturated carbocycles. The van der Waals surface area contributed by atoms with Gasteiger partial charge in [-0.05, 0) is 22.0 Å². The van der Waals surface area contributed by atoms with Crippen LogP contribution in [-0.4, -0.2) is 25.2 Å². The highest BCUT2D eigenvalue weighted by Crippen LogP contribution is 2.27. The van der Waals surface area contributed by atoms with E-state index in [4.69, 9.17) is 11.6 Å². The molecule has 0 fully saturated rings. The second-order valence-electron chi connectivity index (χ2n) is 4.43. The third kappa shape index (κ3) is 2.23. The van der Waals surface area contributed by atoms with Crippen molar-refractivity contribution in [2.45, 2.75) is 6.42 Å². The van der Waals surface area contributed by atoms with Gasteiger partial charge in [0.05, 0.1) is 27.4 Å². The molecule has 7 heteroatoms. The zero-order valence-corrected chi connectivity index (χ0v) is 13.0. The third-order valence-corrected chi connectivity index (χ3v) is 3.83. The van der Waals surface area contributed by atoms with Crippen molar-refractivity contribution in [1.29, 1.82) is 0 Å². The average Bonchev–Trinajstić information content (AvgIpc) is 2.94. The standard InChI is InChI=1S/C13H11BrClFN4/c1-19-7-8(6-17-19)20-12-5-10(16)9(14)4-11(12)18-13(20)2-3-15/h4-7H,2-3H2,1H3. The number of hydrogen-bond donors (Lipinski definition) is 0. The van der Waals surface area contributed by atoms with Gasteiger partial charge in [-0.3, -0.25) is 9.25 Å². The van der Waals surface area contributed by atoms with Crippen LogP contribution in [0, 0.1) is 5.82 Å². The molecule has 3 rings (SSSR count). The summed E-state index contributed by atoms with van der Waals surface area (Å²) in [6.07, 6.45) is 4.18. The summed E-state index contributed by atoms with van der Waals surface area (Å²) in [7, 11) is 1.83. The maximum absolute atomic E-state index is 13.8. The van der Waals surface area contributed by atoms with Crippen LogP contribution in [0.5, 0.6) is 0 Å². The first kappa shape index (κ1) is 13.6. The van der Waals surface area contributed by atoms with Crippen molar-refractivity contribution in [2.24, 2.45) is 7.05 Å². The fraction of sp³-hybridized carbons (Fsp3) is 0.231. The van der Waals surface area contributed by atoms with Gasteiger partial charge < -0.3 is 0 Å². The van der Waals surface area contributed by atoms with Crippen LogP contribution < -0.4 is 0 Å². The highest BCUT2D eigenvalue weighted by molar-refractivity contribution is 9.10.